The Bertz CT molecular complexity index is 552. The lowest BCUT2D eigenvalue weighted by Gasteiger charge is -2.17. The maximum Gasteiger partial charge on any atom is 0.145 e. The van der Waals surface area contributed by atoms with E-state index in [9.17, 15) is 0 Å². The molecule has 0 spiro atoms. The number of hydrogen-bond acceptors (Lipinski definition) is 4. The van der Waals surface area contributed by atoms with E-state index in [4.69, 9.17) is 11.6 Å². The zero-order chi connectivity index (χ0) is 14.5. The largest absolute Gasteiger partial charge is 0.307 e. The second-order valence-corrected chi connectivity index (χ2v) is 4.96. The van der Waals surface area contributed by atoms with Crippen molar-refractivity contribution in [2.24, 2.45) is 0 Å². The lowest BCUT2D eigenvalue weighted by molar-refractivity contribution is 0.495. The summed E-state index contributed by atoms with van der Waals surface area (Å²) >= 11 is 6.37. The molecular weight excluding hydrogens is 274 g/mol. The summed E-state index contributed by atoms with van der Waals surface area (Å²) in [6.45, 7) is 7.71. The van der Waals surface area contributed by atoms with Gasteiger partial charge in [0.05, 0.1) is 22.5 Å². The molecule has 0 aliphatic rings. The van der Waals surface area contributed by atoms with E-state index in [1.54, 1.807) is 12.4 Å². The average Bonchev–Trinajstić information content (AvgIpc) is 2.75. The molecule has 0 amide bonds. The molecule has 1 N–H and O–H groups in total. The number of nitrogens with one attached hydrogen (secondary N) is 1. The summed E-state index contributed by atoms with van der Waals surface area (Å²) in [7, 11) is 0. The molecule has 0 aromatic carbocycles. The third kappa shape index (κ3) is 3.16. The van der Waals surface area contributed by atoms with Crippen LogP contribution in [0.25, 0.3) is 0 Å². The highest BCUT2D eigenvalue weighted by Gasteiger charge is 2.20. The highest BCUT2D eigenvalue weighted by Crippen LogP contribution is 2.25. The Morgan fingerprint density at radius 1 is 1.30 bits per heavy atom. The number of aromatic nitrogens is 4. The molecule has 0 bridgehead atoms. The van der Waals surface area contributed by atoms with Gasteiger partial charge in [0.1, 0.15) is 5.82 Å². The van der Waals surface area contributed by atoms with Crippen LogP contribution in [0.2, 0.25) is 5.02 Å². The first kappa shape index (κ1) is 14.9. The number of rotatable bonds is 6. The predicted octanol–water partition coefficient (Wildman–Crippen LogP) is 2.55. The minimum absolute atomic E-state index is 0.0418. The Morgan fingerprint density at radius 2 is 2.00 bits per heavy atom. The van der Waals surface area contributed by atoms with Crippen LogP contribution in [0.3, 0.4) is 0 Å². The van der Waals surface area contributed by atoms with E-state index in [0.29, 0.717) is 0 Å². The van der Waals surface area contributed by atoms with Gasteiger partial charge in [0, 0.05) is 25.4 Å². The van der Waals surface area contributed by atoms with Crippen molar-refractivity contribution in [3.63, 3.8) is 0 Å². The van der Waals surface area contributed by atoms with Crippen molar-refractivity contribution in [2.45, 2.75) is 39.8 Å². The van der Waals surface area contributed by atoms with E-state index in [-0.39, 0.29) is 6.04 Å². The van der Waals surface area contributed by atoms with Gasteiger partial charge >= 0.3 is 0 Å². The molecule has 1 atom stereocenters. The van der Waals surface area contributed by atoms with Gasteiger partial charge in [-0.05, 0) is 26.5 Å². The molecule has 0 aliphatic carbocycles. The van der Waals surface area contributed by atoms with E-state index in [1.165, 1.54) is 0 Å². The van der Waals surface area contributed by atoms with Gasteiger partial charge in [-0.1, -0.05) is 18.5 Å². The Kier molecular flexibility index (Phi) is 5.09. The summed E-state index contributed by atoms with van der Waals surface area (Å²) in [5.41, 5.74) is 1.90. The van der Waals surface area contributed by atoms with Gasteiger partial charge in [-0.3, -0.25) is 4.68 Å². The normalized spacial score (nSPS) is 12.6. The SMILES string of the molecule is CCNC(Cc1c(Cl)c(C)nn1CC)c1ncccn1. The molecule has 1 unspecified atom stereocenters. The number of hydrogen-bond donors (Lipinski definition) is 1. The Hall–Kier alpha value is -1.46. The van der Waals surface area contributed by atoms with Gasteiger partial charge in [0.25, 0.3) is 0 Å². The molecule has 2 aromatic heterocycles. The summed E-state index contributed by atoms with van der Waals surface area (Å²) in [6.07, 6.45) is 4.25. The summed E-state index contributed by atoms with van der Waals surface area (Å²) < 4.78 is 1.95. The van der Waals surface area contributed by atoms with Crippen molar-refractivity contribution in [1.29, 1.82) is 0 Å². The Morgan fingerprint density at radius 3 is 2.60 bits per heavy atom. The molecule has 108 valence electrons. The van der Waals surface area contributed by atoms with Crippen molar-refractivity contribution >= 4 is 11.6 Å². The van der Waals surface area contributed by atoms with Gasteiger partial charge < -0.3 is 5.32 Å². The monoisotopic (exact) mass is 293 g/mol. The standard InChI is InChI=1S/C14H20ClN5/c1-4-16-11(14-17-7-6-8-18-14)9-12-13(15)10(3)19-20(12)5-2/h6-8,11,16H,4-5,9H2,1-3H3. The minimum atomic E-state index is 0.0418. The molecule has 0 fully saturated rings. The lowest BCUT2D eigenvalue weighted by Crippen LogP contribution is -2.26. The van der Waals surface area contributed by atoms with Crippen LogP contribution in [0.4, 0.5) is 0 Å². The highest BCUT2D eigenvalue weighted by atomic mass is 35.5. The summed E-state index contributed by atoms with van der Waals surface area (Å²) in [5.74, 6) is 0.784. The van der Waals surface area contributed by atoms with Gasteiger partial charge in [0.15, 0.2) is 0 Å². The smallest absolute Gasteiger partial charge is 0.145 e. The van der Waals surface area contributed by atoms with Crippen LogP contribution in [0.15, 0.2) is 18.5 Å². The lowest BCUT2D eigenvalue weighted by atomic mass is 10.1. The van der Waals surface area contributed by atoms with Crippen molar-refractivity contribution in [3.05, 3.63) is 40.7 Å². The molecule has 6 heteroatoms. The zero-order valence-electron chi connectivity index (χ0n) is 12.1. The third-order valence-corrected chi connectivity index (χ3v) is 3.69. The van der Waals surface area contributed by atoms with Gasteiger partial charge in [-0.15, -0.1) is 0 Å². The van der Waals surface area contributed by atoms with Crippen LogP contribution < -0.4 is 5.32 Å². The van der Waals surface area contributed by atoms with Gasteiger partial charge in [-0.2, -0.15) is 5.10 Å². The van der Waals surface area contributed by atoms with Crippen LogP contribution in [0.1, 0.15) is 37.1 Å². The van der Waals surface area contributed by atoms with Crippen molar-refractivity contribution in [2.75, 3.05) is 6.54 Å². The van der Waals surface area contributed by atoms with Crippen LogP contribution in [0, 0.1) is 6.92 Å². The van der Waals surface area contributed by atoms with E-state index >= 15 is 0 Å². The minimum Gasteiger partial charge on any atom is -0.307 e. The second kappa shape index (κ2) is 6.81. The number of halogens is 1. The van der Waals surface area contributed by atoms with Crippen molar-refractivity contribution in [3.8, 4) is 0 Å². The Balaban J connectivity index is 2.29. The van der Waals surface area contributed by atoms with Crippen LogP contribution in [0.5, 0.6) is 0 Å². The molecular formula is C14H20ClN5. The molecule has 2 heterocycles. The van der Waals surface area contributed by atoms with E-state index < -0.39 is 0 Å². The van der Waals surface area contributed by atoms with E-state index in [0.717, 1.165) is 41.7 Å². The molecule has 0 saturated carbocycles. The molecule has 20 heavy (non-hydrogen) atoms. The second-order valence-electron chi connectivity index (χ2n) is 4.58. The van der Waals surface area contributed by atoms with Crippen molar-refractivity contribution in [1.82, 2.24) is 25.1 Å². The number of nitrogens with zero attached hydrogens (tertiary/aromatic N) is 4. The zero-order valence-corrected chi connectivity index (χ0v) is 12.9. The predicted molar refractivity (Wildman–Crippen MR) is 79.8 cm³/mol. The van der Waals surface area contributed by atoms with Crippen LogP contribution >= 0.6 is 11.6 Å². The van der Waals surface area contributed by atoms with Crippen LogP contribution in [-0.2, 0) is 13.0 Å². The topological polar surface area (TPSA) is 55.6 Å². The molecule has 2 aromatic rings. The highest BCUT2D eigenvalue weighted by molar-refractivity contribution is 6.31. The molecule has 0 saturated heterocycles. The third-order valence-electron chi connectivity index (χ3n) is 3.20. The van der Waals surface area contributed by atoms with Gasteiger partial charge in [-0.25, -0.2) is 9.97 Å². The molecule has 5 nitrogen and oxygen atoms in total. The maximum absolute atomic E-state index is 6.37. The van der Waals surface area contributed by atoms with Crippen LogP contribution in [-0.4, -0.2) is 26.3 Å². The summed E-state index contributed by atoms with van der Waals surface area (Å²) in [5, 5.41) is 8.60. The Labute approximate surface area is 124 Å². The van der Waals surface area contributed by atoms with E-state index in [1.807, 2.05) is 17.7 Å². The fourth-order valence-corrected chi connectivity index (χ4v) is 2.46. The fraction of sp³-hybridized carbons (Fsp3) is 0.500. The average molecular weight is 294 g/mol. The van der Waals surface area contributed by atoms with Gasteiger partial charge in [0.2, 0.25) is 0 Å². The molecule has 0 radical (unpaired) electrons. The first-order valence-corrected chi connectivity index (χ1v) is 7.27. The first-order chi connectivity index (χ1) is 9.67. The summed E-state index contributed by atoms with van der Waals surface area (Å²) in [6, 6.07) is 1.86. The fourth-order valence-electron chi connectivity index (χ4n) is 2.25. The summed E-state index contributed by atoms with van der Waals surface area (Å²) in [4.78, 5) is 8.68. The maximum atomic E-state index is 6.37. The molecule has 2 rings (SSSR count). The quantitative estimate of drug-likeness (QED) is 0.889. The van der Waals surface area contributed by atoms with E-state index in [2.05, 4.69) is 34.2 Å². The number of aryl methyl sites for hydroxylation is 2. The molecule has 0 aliphatic heterocycles. The van der Waals surface area contributed by atoms with Crippen molar-refractivity contribution < 1.29 is 0 Å². The number of likely N-dealkylation sites (N-methyl/N-ethyl adjacent to an activating group) is 1. The first-order valence-electron chi connectivity index (χ1n) is 6.89.